The van der Waals surface area contributed by atoms with Crippen LogP contribution in [0.15, 0.2) is 0 Å². The number of hydrogen-bond acceptors (Lipinski definition) is 3. The fourth-order valence-electron chi connectivity index (χ4n) is 0.803. The predicted molar refractivity (Wildman–Crippen MR) is 43.1 cm³/mol. The summed E-state index contributed by atoms with van der Waals surface area (Å²) >= 11 is 0. The first-order chi connectivity index (χ1) is 5.09. The van der Waals surface area contributed by atoms with Crippen LogP contribution in [-0.4, -0.2) is 23.2 Å². The molecule has 0 bridgehead atoms. The van der Waals surface area contributed by atoms with Crippen LogP contribution in [0, 0.1) is 0 Å². The van der Waals surface area contributed by atoms with Gasteiger partial charge >= 0.3 is 5.97 Å². The molecular formula is C7H16N2O2. The van der Waals surface area contributed by atoms with Crippen molar-refractivity contribution < 1.29 is 9.90 Å². The van der Waals surface area contributed by atoms with Crippen molar-refractivity contribution >= 4 is 5.97 Å². The van der Waals surface area contributed by atoms with E-state index in [4.69, 9.17) is 16.6 Å². The van der Waals surface area contributed by atoms with Gasteiger partial charge in [-0.1, -0.05) is 19.8 Å². The molecule has 0 aromatic rings. The average Bonchev–Trinajstić information content (AvgIpc) is 1.98. The van der Waals surface area contributed by atoms with E-state index in [1.54, 1.807) is 0 Å². The normalized spacial score (nSPS) is 15.9. The lowest BCUT2D eigenvalue weighted by atomic mass is 10.0. The van der Waals surface area contributed by atoms with Crippen molar-refractivity contribution in [1.82, 2.24) is 0 Å². The smallest absolute Gasteiger partial charge is 0.322 e. The summed E-state index contributed by atoms with van der Waals surface area (Å²) in [7, 11) is 0. The molecule has 0 aliphatic carbocycles. The van der Waals surface area contributed by atoms with E-state index >= 15 is 0 Å². The monoisotopic (exact) mass is 160 g/mol. The van der Waals surface area contributed by atoms with Gasteiger partial charge in [0.1, 0.15) is 6.04 Å². The molecule has 4 heteroatoms. The molecule has 0 radical (unpaired) electrons. The first-order valence-corrected chi connectivity index (χ1v) is 3.83. The first-order valence-electron chi connectivity index (χ1n) is 3.83. The average molecular weight is 160 g/mol. The summed E-state index contributed by atoms with van der Waals surface area (Å²) in [6.07, 6.45) is 2.63. The zero-order valence-corrected chi connectivity index (χ0v) is 6.79. The van der Waals surface area contributed by atoms with Crippen LogP contribution < -0.4 is 11.5 Å². The van der Waals surface area contributed by atoms with E-state index < -0.39 is 18.1 Å². The van der Waals surface area contributed by atoms with Crippen molar-refractivity contribution in [1.29, 1.82) is 0 Å². The molecule has 0 aliphatic rings. The van der Waals surface area contributed by atoms with Crippen LogP contribution in [0.4, 0.5) is 0 Å². The zero-order valence-electron chi connectivity index (χ0n) is 6.79. The molecule has 66 valence electrons. The van der Waals surface area contributed by atoms with E-state index in [1.807, 2.05) is 6.92 Å². The summed E-state index contributed by atoms with van der Waals surface area (Å²) in [5.74, 6) is -1.02. The number of carboxylic acids is 1. The molecule has 2 unspecified atom stereocenters. The number of unbranched alkanes of at least 4 members (excludes halogenated alkanes) is 1. The number of hydrogen-bond donors (Lipinski definition) is 3. The molecule has 0 saturated carbocycles. The lowest BCUT2D eigenvalue weighted by molar-refractivity contribution is -0.139. The molecule has 11 heavy (non-hydrogen) atoms. The summed E-state index contributed by atoms with van der Waals surface area (Å²) < 4.78 is 0. The van der Waals surface area contributed by atoms with E-state index in [0.29, 0.717) is 6.42 Å². The fraction of sp³-hybridized carbons (Fsp3) is 0.857. The number of rotatable bonds is 5. The Morgan fingerprint density at radius 1 is 1.55 bits per heavy atom. The molecule has 0 rings (SSSR count). The van der Waals surface area contributed by atoms with E-state index in [-0.39, 0.29) is 0 Å². The molecule has 0 aromatic carbocycles. The third-order valence-electron chi connectivity index (χ3n) is 1.64. The van der Waals surface area contributed by atoms with Gasteiger partial charge in [0.2, 0.25) is 0 Å². The van der Waals surface area contributed by atoms with Crippen molar-refractivity contribution in [2.45, 2.75) is 38.3 Å². The Kier molecular flexibility index (Phi) is 4.81. The van der Waals surface area contributed by atoms with Gasteiger partial charge in [-0.05, 0) is 6.42 Å². The van der Waals surface area contributed by atoms with Crippen LogP contribution in [0.5, 0.6) is 0 Å². The van der Waals surface area contributed by atoms with Gasteiger partial charge in [0, 0.05) is 6.04 Å². The van der Waals surface area contributed by atoms with Crippen molar-refractivity contribution in [2.24, 2.45) is 11.5 Å². The van der Waals surface area contributed by atoms with E-state index in [0.717, 1.165) is 12.8 Å². The zero-order chi connectivity index (χ0) is 8.85. The molecule has 0 aliphatic heterocycles. The highest BCUT2D eigenvalue weighted by Crippen LogP contribution is 2.00. The maximum Gasteiger partial charge on any atom is 0.322 e. The lowest BCUT2D eigenvalue weighted by Gasteiger charge is -2.14. The van der Waals surface area contributed by atoms with Crippen LogP contribution in [-0.2, 0) is 4.79 Å². The van der Waals surface area contributed by atoms with E-state index in [2.05, 4.69) is 0 Å². The van der Waals surface area contributed by atoms with Gasteiger partial charge in [-0.15, -0.1) is 0 Å². The Morgan fingerprint density at radius 3 is 2.45 bits per heavy atom. The second-order valence-electron chi connectivity index (χ2n) is 2.67. The summed E-state index contributed by atoms with van der Waals surface area (Å²) in [6.45, 7) is 2.03. The quantitative estimate of drug-likeness (QED) is 0.524. The molecular weight excluding hydrogens is 144 g/mol. The highest BCUT2D eigenvalue weighted by atomic mass is 16.4. The Balaban J connectivity index is 3.63. The highest BCUT2D eigenvalue weighted by Gasteiger charge is 2.19. The molecule has 0 amide bonds. The maximum absolute atomic E-state index is 10.3. The number of carboxylic acid groups (broad SMARTS) is 1. The van der Waals surface area contributed by atoms with E-state index in [9.17, 15) is 4.79 Å². The summed E-state index contributed by atoms with van der Waals surface area (Å²) in [5, 5.41) is 8.45. The van der Waals surface area contributed by atoms with Gasteiger partial charge in [-0.3, -0.25) is 4.79 Å². The Labute approximate surface area is 66.6 Å². The molecule has 2 atom stereocenters. The van der Waals surface area contributed by atoms with Crippen LogP contribution >= 0.6 is 0 Å². The molecule has 0 aromatic heterocycles. The van der Waals surface area contributed by atoms with Gasteiger partial charge in [-0.25, -0.2) is 0 Å². The van der Waals surface area contributed by atoms with Crippen molar-refractivity contribution in [2.75, 3.05) is 0 Å². The molecule has 5 N–H and O–H groups in total. The lowest BCUT2D eigenvalue weighted by Crippen LogP contribution is -2.46. The minimum atomic E-state index is -1.02. The minimum absolute atomic E-state index is 0.410. The van der Waals surface area contributed by atoms with Crippen LogP contribution in [0.3, 0.4) is 0 Å². The largest absolute Gasteiger partial charge is 0.480 e. The third-order valence-corrected chi connectivity index (χ3v) is 1.64. The highest BCUT2D eigenvalue weighted by molar-refractivity contribution is 5.74. The van der Waals surface area contributed by atoms with E-state index in [1.165, 1.54) is 0 Å². The number of nitrogens with two attached hydrogens (primary N) is 2. The van der Waals surface area contributed by atoms with Gasteiger partial charge in [0.25, 0.3) is 0 Å². The third kappa shape index (κ3) is 3.95. The van der Waals surface area contributed by atoms with Crippen molar-refractivity contribution in [3.8, 4) is 0 Å². The Morgan fingerprint density at radius 2 is 2.09 bits per heavy atom. The first kappa shape index (κ1) is 10.4. The minimum Gasteiger partial charge on any atom is -0.480 e. The molecule has 4 nitrogen and oxygen atoms in total. The van der Waals surface area contributed by atoms with Crippen LogP contribution in [0.25, 0.3) is 0 Å². The molecule has 0 spiro atoms. The fourth-order valence-corrected chi connectivity index (χ4v) is 0.803. The second-order valence-corrected chi connectivity index (χ2v) is 2.67. The van der Waals surface area contributed by atoms with Crippen molar-refractivity contribution in [3.05, 3.63) is 0 Å². The Bertz CT molecular complexity index is 128. The Hall–Kier alpha value is -0.610. The standard InChI is InChI=1S/C7H16N2O2/c1-2-3-4-5(8)6(9)7(10)11/h5-6H,2-4,8-9H2,1H3,(H,10,11). The van der Waals surface area contributed by atoms with Crippen LogP contribution in [0.2, 0.25) is 0 Å². The van der Waals surface area contributed by atoms with Crippen LogP contribution in [0.1, 0.15) is 26.2 Å². The van der Waals surface area contributed by atoms with Gasteiger partial charge < -0.3 is 16.6 Å². The summed E-state index contributed by atoms with van der Waals surface area (Å²) in [6, 6.07) is -1.33. The molecule has 0 saturated heterocycles. The SMILES string of the molecule is CCCCC(N)C(N)C(=O)O. The summed E-state index contributed by atoms with van der Waals surface area (Å²) in [4.78, 5) is 10.3. The van der Waals surface area contributed by atoms with Gasteiger partial charge in [-0.2, -0.15) is 0 Å². The maximum atomic E-state index is 10.3. The molecule has 0 heterocycles. The van der Waals surface area contributed by atoms with Gasteiger partial charge in [0.05, 0.1) is 0 Å². The summed E-state index contributed by atoms with van der Waals surface area (Å²) in [5.41, 5.74) is 10.8. The van der Waals surface area contributed by atoms with Crippen molar-refractivity contribution in [3.63, 3.8) is 0 Å². The van der Waals surface area contributed by atoms with Gasteiger partial charge in [0.15, 0.2) is 0 Å². The topological polar surface area (TPSA) is 89.3 Å². The predicted octanol–water partition coefficient (Wildman–Crippen LogP) is -0.0842. The number of carbonyl (C=O) groups is 1. The molecule has 0 fully saturated rings. The second kappa shape index (κ2) is 5.09. The number of aliphatic carboxylic acids is 1.